The Morgan fingerprint density at radius 1 is 0.758 bits per heavy atom. The summed E-state index contributed by atoms with van der Waals surface area (Å²) < 4.78 is 0. The second kappa shape index (κ2) is 12.6. The summed E-state index contributed by atoms with van der Waals surface area (Å²) >= 11 is 0. The van der Waals surface area contributed by atoms with E-state index in [1.54, 1.807) is 19.0 Å². The van der Waals surface area contributed by atoms with Gasteiger partial charge in [-0.15, -0.1) is 0 Å². The summed E-state index contributed by atoms with van der Waals surface area (Å²) in [6.07, 6.45) is 1.77. The van der Waals surface area contributed by atoms with Crippen LogP contribution < -0.4 is 10.6 Å². The molecule has 0 fully saturated rings. The molecule has 5 heteroatoms. The molecule has 5 nitrogen and oxygen atoms in total. The second-order valence-corrected chi connectivity index (χ2v) is 8.21. The molecule has 0 heterocycles. The van der Waals surface area contributed by atoms with E-state index in [1.807, 2.05) is 91.0 Å². The molecule has 0 unspecified atom stereocenters. The average molecular weight is 444 g/mol. The summed E-state index contributed by atoms with van der Waals surface area (Å²) in [6, 6.07) is 28.8. The van der Waals surface area contributed by atoms with Crippen molar-refractivity contribution in [3.8, 4) is 0 Å². The van der Waals surface area contributed by atoms with Crippen LogP contribution in [0.5, 0.6) is 0 Å². The van der Waals surface area contributed by atoms with Crippen LogP contribution in [0.25, 0.3) is 0 Å². The highest BCUT2D eigenvalue weighted by molar-refractivity contribution is 5.90. The van der Waals surface area contributed by atoms with Gasteiger partial charge in [0.25, 0.3) is 0 Å². The molecule has 33 heavy (non-hydrogen) atoms. The predicted molar refractivity (Wildman–Crippen MR) is 133 cm³/mol. The van der Waals surface area contributed by atoms with Crippen LogP contribution in [0.4, 0.5) is 0 Å². The summed E-state index contributed by atoms with van der Waals surface area (Å²) in [4.78, 5) is 28.2. The van der Waals surface area contributed by atoms with Crippen molar-refractivity contribution in [2.24, 2.45) is 0 Å². The van der Waals surface area contributed by atoms with Crippen molar-refractivity contribution in [2.75, 3.05) is 20.6 Å². The molecule has 3 rings (SSSR count). The van der Waals surface area contributed by atoms with E-state index in [9.17, 15) is 9.59 Å². The Kier molecular flexibility index (Phi) is 9.21. The fourth-order valence-electron chi connectivity index (χ4n) is 3.90. The molecule has 0 aromatic heterocycles. The van der Waals surface area contributed by atoms with E-state index in [-0.39, 0.29) is 11.8 Å². The van der Waals surface area contributed by atoms with Gasteiger partial charge in [-0.1, -0.05) is 91.0 Å². The molecule has 0 saturated carbocycles. The lowest BCUT2D eigenvalue weighted by molar-refractivity contribution is -0.140. The zero-order valence-electron chi connectivity index (χ0n) is 19.4. The van der Waals surface area contributed by atoms with Gasteiger partial charge in [0.1, 0.15) is 6.04 Å². The third-order valence-electron chi connectivity index (χ3n) is 5.87. The summed E-state index contributed by atoms with van der Waals surface area (Å²) in [5.41, 5.74) is 3.26. The fourth-order valence-corrected chi connectivity index (χ4v) is 3.90. The normalized spacial score (nSPS) is 12.5. The van der Waals surface area contributed by atoms with Crippen molar-refractivity contribution in [3.63, 3.8) is 0 Å². The molecule has 2 N–H and O–H groups in total. The van der Waals surface area contributed by atoms with Gasteiger partial charge in [0.2, 0.25) is 11.8 Å². The van der Waals surface area contributed by atoms with Gasteiger partial charge < -0.3 is 15.5 Å². The van der Waals surface area contributed by atoms with Gasteiger partial charge >= 0.3 is 0 Å². The molecule has 3 aromatic rings. The van der Waals surface area contributed by atoms with Gasteiger partial charge in [0.15, 0.2) is 0 Å². The fraction of sp³-hybridized carbons (Fsp3) is 0.286. The first-order valence-electron chi connectivity index (χ1n) is 11.4. The van der Waals surface area contributed by atoms with Crippen molar-refractivity contribution in [2.45, 2.75) is 31.3 Å². The van der Waals surface area contributed by atoms with Crippen LogP contribution >= 0.6 is 0 Å². The number of carbonyl (C=O) groups is 2. The predicted octanol–water partition coefficient (Wildman–Crippen LogP) is 3.25. The first-order valence-corrected chi connectivity index (χ1v) is 11.4. The summed E-state index contributed by atoms with van der Waals surface area (Å²) in [5, 5.41) is 6.17. The Hall–Kier alpha value is -3.44. The molecule has 2 amide bonds. The maximum absolute atomic E-state index is 13.4. The lowest BCUT2D eigenvalue weighted by Crippen LogP contribution is -2.54. The molecular formula is C28H33N3O2. The van der Waals surface area contributed by atoms with Gasteiger partial charge in [-0.05, 0) is 36.6 Å². The number of nitrogens with zero attached hydrogens (tertiary/aromatic N) is 1. The third kappa shape index (κ3) is 7.29. The number of hydrogen-bond acceptors (Lipinski definition) is 3. The van der Waals surface area contributed by atoms with E-state index in [0.717, 1.165) is 17.5 Å². The minimum atomic E-state index is -0.595. The van der Waals surface area contributed by atoms with E-state index in [0.29, 0.717) is 19.4 Å². The Balaban J connectivity index is 1.70. The number of nitrogens with one attached hydrogen (secondary N) is 2. The van der Waals surface area contributed by atoms with Gasteiger partial charge in [-0.25, -0.2) is 0 Å². The van der Waals surface area contributed by atoms with Crippen molar-refractivity contribution < 1.29 is 9.59 Å². The highest BCUT2D eigenvalue weighted by atomic mass is 16.2. The lowest BCUT2D eigenvalue weighted by Gasteiger charge is -2.31. The molecular weight excluding hydrogens is 410 g/mol. The zero-order chi connectivity index (χ0) is 23.5. The van der Waals surface area contributed by atoms with Crippen LogP contribution in [0.15, 0.2) is 91.0 Å². The van der Waals surface area contributed by atoms with Crippen LogP contribution in [-0.2, 0) is 28.9 Å². The molecule has 0 aliphatic heterocycles. The number of benzene rings is 3. The largest absolute Gasteiger partial charge is 0.354 e. The van der Waals surface area contributed by atoms with Crippen molar-refractivity contribution >= 4 is 11.8 Å². The molecule has 172 valence electrons. The quantitative estimate of drug-likeness (QED) is 0.478. The SMILES string of the molecule is CN[C@@H](Cc1ccccc1)C(=O)N(C)[C@@H](Cc1ccccc1)C(=O)NCCc1ccccc1. The standard InChI is InChI=1S/C28H33N3O2/c1-29-25(20-23-14-8-4-9-15-23)28(33)31(2)26(21-24-16-10-5-11-17-24)27(32)30-19-18-22-12-6-3-7-13-22/h3-17,25-26,29H,18-21H2,1-2H3,(H,30,32)/t25-,26-/m0/s1. The maximum atomic E-state index is 13.4. The summed E-state index contributed by atoms with van der Waals surface area (Å²) in [5.74, 6) is -0.235. The zero-order valence-corrected chi connectivity index (χ0v) is 19.4. The first-order chi connectivity index (χ1) is 16.1. The third-order valence-corrected chi connectivity index (χ3v) is 5.87. The van der Waals surface area contributed by atoms with E-state index < -0.39 is 12.1 Å². The van der Waals surface area contributed by atoms with Crippen molar-refractivity contribution in [3.05, 3.63) is 108 Å². The topological polar surface area (TPSA) is 61.4 Å². The average Bonchev–Trinajstić information content (AvgIpc) is 2.87. The van der Waals surface area contributed by atoms with Crippen molar-refractivity contribution in [1.82, 2.24) is 15.5 Å². The van der Waals surface area contributed by atoms with Crippen LogP contribution in [0, 0.1) is 0 Å². The Morgan fingerprint density at radius 3 is 1.76 bits per heavy atom. The van der Waals surface area contributed by atoms with Crippen LogP contribution in [0.2, 0.25) is 0 Å². The molecule has 0 bridgehead atoms. The molecule has 3 aromatic carbocycles. The maximum Gasteiger partial charge on any atom is 0.243 e. The summed E-state index contributed by atoms with van der Waals surface area (Å²) in [6.45, 7) is 0.523. The first kappa shape index (κ1) is 24.2. The molecule has 0 radical (unpaired) electrons. The lowest BCUT2D eigenvalue weighted by atomic mass is 10.0. The van der Waals surface area contributed by atoms with E-state index in [2.05, 4.69) is 10.6 Å². The highest BCUT2D eigenvalue weighted by Crippen LogP contribution is 2.12. The molecule has 2 atom stereocenters. The Labute approximate surface area is 196 Å². The second-order valence-electron chi connectivity index (χ2n) is 8.21. The highest BCUT2D eigenvalue weighted by Gasteiger charge is 2.30. The summed E-state index contributed by atoms with van der Waals surface area (Å²) in [7, 11) is 3.51. The monoisotopic (exact) mass is 443 g/mol. The number of hydrogen-bond donors (Lipinski definition) is 2. The van der Waals surface area contributed by atoms with E-state index in [1.165, 1.54) is 5.56 Å². The smallest absolute Gasteiger partial charge is 0.243 e. The molecule has 0 aliphatic rings. The molecule has 0 saturated heterocycles. The molecule has 0 spiro atoms. The molecule has 0 aliphatic carbocycles. The van der Waals surface area contributed by atoms with Crippen molar-refractivity contribution in [1.29, 1.82) is 0 Å². The Bertz CT molecular complexity index is 993. The van der Waals surface area contributed by atoms with Crippen LogP contribution in [-0.4, -0.2) is 49.4 Å². The minimum Gasteiger partial charge on any atom is -0.354 e. The van der Waals surface area contributed by atoms with Gasteiger partial charge in [-0.3, -0.25) is 9.59 Å². The Morgan fingerprint density at radius 2 is 1.24 bits per heavy atom. The minimum absolute atomic E-state index is 0.0968. The van der Waals surface area contributed by atoms with Gasteiger partial charge in [0.05, 0.1) is 6.04 Å². The number of rotatable bonds is 11. The van der Waals surface area contributed by atoms with E-state index in [4.69, 9.17) is 0 Å². The van der Waals surface area contributed by atoms with E-state index >= 15 is 0 Å². The van der Waals surface area contributed by atoms with Gasteiger partial charge in [-0.2, -0.15) is 0 Å². The van der Waals surface area contributed by atoms with Gasteiger partial charge in [0, 0.05) is 20.0 Å². The number of amides is 2. The number of likely N-dealkylation sites (N-methyl/N-ethyl adjacent to an activating group) is 2. The number of carbonyl (C=O) groups excluding carboxylic acids is 2. The van der Waals surface area contributed by atoms with Crippen LogP contribution in [0.1, 0.15) is 16.7 Å². The van der Waals surface area contributed by atoms with Crippen LogP contribution in [0.3, 0.4) is 0 Å².